The van der Waals surface area contributed by atoms with Crippen LogP contribution in [0.2, 0.25) is 0 Å². The fourth-order valence-electron chi connectivity index (χ4n) is 3.76. The van der Waals surface area contributed by atoms with Crippen LogP contribution in [0.3, 0.4) is 0 Å². The molecule has 2 fully saturated rings. The molecule has 0 spiro atoms. The van der Waals surface area contributed by atoms with Crippen LogP contribution in [-0.2, 0) is 9.59 Å². The van der Waals surface area contributed by atoms with Gasteiger partial charge in [-0.25, -0.2) is 0 Å². The van der Waals surface area contributed by atoms with E-state index in [0.717, 1.165) is 0 Å². The van der Waals surface area contributed by atoms with E-state index >= 15 is 0 Å². The lowest BCUT2D eigenvalue weighted by molar-refractivity contribution is -0.142. The predicted octanol–water partition coefficient (Wildman–Crippen LogP) is 1.48. The molecule has 1 aliphatic heterocycles. The molecule has 2 atom stereocenters. The number of carboxylic acids is 1. The van der Waals surface area contributed by atoms with E-state index in [4.69, 9.17) is 9.84 Å². The van der Waals surface area contributed by atoms with Crippen LogP contribution in [0, 0.1) is 11.8 Å². The van der Waals surface area contributed by atoms with E-state index < -0.39 is 11.9 Å². The Morgan fingerprint density at radius 1 is 1.04 bits per heavy atom. The molecular formula is C19H24N2O5. The monoisotopic (exact) mass is 360 g/mol. The van der Waals surface area contributed by atoms with E-state index in [1.54, 1.807) is 41.2 Å². The lowest BCUT2D eigenvalue weighted by Crippen LogP contribution is -2.51. The van der Waals surface area contributed by atoms with E-state index in [2.05, 4.69) is 0 Å². The molecule has 7 nitrogen and oxygen atoms in total. The Morgan fingerprint density at radius 2 is 1.69 bits per heavy atom. The summed E-state index contributed by atoms with van der Waals surface area (Å²) in [6, 6.07) is 7.04. The standard InChI is InChI=1S/C19H24N2O5/c1-26-16-4-2-3-13(12-16)17(22)20-7-9-21(10-8-20)18(23)14-5-6-15(11-14)19(24)25/h2-4,12,14-15H,5-11H2,1H3,(H,24,25)/t14-,15+/m1/s1. The molecule has 1 aliphatic carbocycles. The van der Waals surface area contributed by atoms with Gasteiger partial charge in [-0.3, -0.25) is 14.4 Å². The van der Waals surface area contributed by atoms with Crippen molar-refractivity contribution in [3.63, 3.8) is 0 Å². The molecule has 1 aromatic rings. The number of carbonyl (C=O) groups excluding carboxylic acids is 2. The molecule has 0 aromatic heterocycles. The highest BCUT2D eigenvalue weighted by Crippen LogP contribution is 2.32. The molecule has 1 saturated carbocycles. The first-order valence-corrected chi connectivity index (χ1v) is 8.94. The minimum atomic E-state index is -0.811. The maximum Gasteiger partial charge on any atom is 0.306 e. The Kier molecular flexibility index (Phi) is 5.44. The molecule has 7 heteroatoms. The molecule has 0 bridgehead atoms. The number of benzene rings is 1. The number of piperazine rings is 1. The molecule has 2 amide bonds. The summed E-state index contributed by atoms with van der Waals surface area (Å²) < 4.78 is 5.16. The first-order valence-electron chi connectivity index (χ1n) is 8.94. The van der Waals surface area contributed by atoms with Crippen LogP contribution in [-0.4, -0.2) is 66.0 Å². The van der Waals surface area contributed by atoms with Gasteiger partial charge in [-0.05, 0) is 37.5 Å². The van der Waals surface area contributed by atoms with Gasteiger partial charge in [0.05, 0.1) is 13.0 Å². The molecule has 1 N–H and O–H groups in total. The third-order valence-electron chi connectivity index (χ3n) is 5.33. The normalized spacial score (nSPS) is 23.0. The van der Waals surface area contributed by atoms with Gasteiger partial charge in [-0.1, -0.05) is 6.07 Å². The second-order valence-electron chi connectivity index (χ2n) is 6.89. The van der Waals surface area contributed by atoms with Crippen molar-refractivity contribution < 1.29 is 24.2 Å². The topological polar surface area (TPSA) is 87.2 Å². The van der Waals surface area contributed by atoms with Crippen molar-refractivity contribution in [3.8, 4) is 5.75 Å². The molecule has 26 heavy (non-hydrogen) atoms. The zero-order valence-corrected chi connectivity index (χ0v) is 14.9. The zero-order chi connectivity index (χ0) is 18.7. The van der Waals surface area contributed by atoms with Crippen LogP contribution in [0.1, 0.15) is 29.6 Å². The SMILES string of the molecule is COc1cccc(C(=O)N2CCN(C(=O)[C@@H]3CC[C@H](C(=O)O)C3)CC2)c1. The molecule has 1 aromatic carbocycles. The van der Waals surface area contributed by atoms with Crippen LogP contribution in [0.25, 0.3) is 0 Å². The fourth-order valence-corrected chi connectivity index (χ4v) is 3.76. The number of ether oxygens (including phenoxy) is 1. The van der Waals surface area contributed by atoms with Crippen LogP contribution in [0.15, 0.2) is 24.3 Å². The van der Waals surface area contributed by atoms with Gasteiger partial charge in [0.15, 0.2) is 0 Å². The highest BCUT2D eigenvalue weighted by atomic mass is 16.5. The number of carbonyl (C=O) groups is 3. The molecule has 140 valence electrons. The number of hydrogen-bond donors (Lipinski definition) is 1. The lowest BCUT2D eigenvalue weighted by Gasteiger charge is -2.36. The Balaban J connectivity index is 1.54. The van der Waals surface area contributed by atoms with Gasteiger partial charge in [0.1, 0.15) is 5.75 Å². The average molecular weight is 360 g/mol. The van der Waals surface area contributed by atoms with Gasteiger partial charge in [0, 0.05) is 37.7 Å². The van der Waals surface area contributed by atoms with Gasteiger partial charge in [-0.2, -0.15) is 0 Å². The van der Waals surface area contributed by atoms with Crippen LogP contribution in [0.4, 0.5) is 0 Å². The summed E-state index contributed by atoms with van der Waals surface area (Å²) >= 11 is 0. The summed E-state index contributed by atoms with van der Waals surface area (Å²) in [5, 5.41) is 9.09. The number of rotatable bonds is 4. The Labute approximate surface area is 152 Å². The average Bonchev–Trinajstić information content (AvgIpc) is 3.17. The summed E-state index contributed by atoms with van der Waals surface area (Å²) in [4.78, 5) is 39.8. The fraction of sp³-hybridized carbons (Fsp3) is 0.526. The van der Waals surface area contributed by atoms with Gasteiger partial charge in [0.25, 0.3) is 5.91 Å². The van der Waals surface area contributed by atoms with Crippen molar-refractivity contribution >= 4 is 17.8 Å². The third kappa shape index (κ3) is 3.81. The van der Waals surface area contributed by atoms with E-state index in [0.29, 0.717) is 56.8 Å². The smallest absolute Gasteiger partial charge is 0.306 e. The molecule has 2 aliphatic rings. The van der Waals surface area contributed by atoms with Crippen molar-refractivity contribution in [2.45, 2.75) is 19.3 Å². The van der Waals surface area contributed by atoms with Gasteiger partial charge >= 0.3 is 5.97 Å². The zero-order valence-electron chi connectivity index (χ0n) is 14.9. The number of aliphatic carboxylic acids is 1. The highest BCUT2D eigenvalue weighted by molar-refractivity contribution is 5.94. The van der Waals surface area contributed by atoms with E-state index in [1.165, 1.54) is 0 Å². The molecule has 1 saturated heterocycles. The van der Waals surface area contributed by atoms with Crippen LogP contribution < -0.4 is 4.74 Å². The Morgan fingerprint density at radius 3 is 2.31 bits per heavy atom. The first-order chi connectivity index (χ1) is 12.5. The molecular weight excluding hydrogens is 336 g/mol. The van der Waals surface area contributed by atoms with Gasteiger partial charge in [0.2, 0.25) is 5.91 Å². The van der Waals surface area contributed by atoms with Gasteiger partial charge < -0.3 is 19.6 Å². The quantitative estimate of drug-likeness (QED) is 0.879. The number of amides is 2. The van der Waals surface area contributed by atoms with Crippen molar-refractivity contribution in [2.24, 2.45) is 11.8 Å². The summed E-state index contributed by atoms with van der Waals surface area (Å²) in [7, 11) is 1.56. The molecule has 0 radical (unpaired) electrons. The number of hydrogen-bond acceptors (Lipinski definition) is 4. The largest absolute Gasteiger partial charge is 0.497 e. The maximum atomic E-state index is 12.6. The summed E-state index contributed by atoms with van der Waals surface area (Å²) in [5.74, 6) is -0.811. The predicted molar refractivity (Wildman–Crippen MR) is 93.9 cm³/mol. The second-order valence-corrected chi connectivity index (χ2v) is 6.89. The molecule has 3 rings (SSSR count). The van der Waals surface area contributed by atoms with Gasteiger partial charge in [-0.15, -0.1) is 0 Å². The van der Waals surface area contributed by atoms with Crippen LogP contribution >= 0.6 is 0 Å². The van der Waals surface area contributed by atoms with Crippen molar-refractivity contribution in [2.75, 3.05) is 33.3 Å². The Hall–Kier alpha value is -2.57. The second kappa shape index (κ2) is 7.76. The number of methoxy groups -OCH3 is 1. The molecule has 1 heterocycles. The lowest BCUT2D eigenvalue weighted by atomic mass is 10.0. The minimum Gasteiger partial charge on any atom is -0.497 e. The summed E-state index contributed by atoms with van der Waals surface area (Å²) in [5.41, 5.74) is 0.573. The minimum absolute atomic E-state index is 0.0298. The molecule has 0 unspecified atom stereocenters. The van der Waals surface area contributed by atoms with E-state index in [-0.39, 0.29) is 17.7 Å². The maximum absolute atomic E-state index is 12.6. The van der Waals surface area contributed by atoms with E-state index in [1.807, 2.05) is 0 Å². The summed E-state index contributed by atoms with van der Waals surface area (Å²) in [6.45, 7) is 1.94. The third-order valence-corrected chi connectivity index (χ3v) is 5.33. The first kappa shape index (κ1) is 18.2. The van der Waals surface area contributed by atoms with E-state index in [9.17, 15) is 14.4 Å². The van der Waals surface area contributed by atoms with Crippen molar-refractivity contribution in [1.29, 1.82) is 0 Å². The van der Waals surface area contributed by atoms with Crippen LogP contribution in [0.5, 0.6) is 5.75 Å². The number of carboxylic acid groups (broad SMARTS) is 1. The van der Waals surface area contributed by atoms with Crippen molar-refractivity contribution in [3.05, 3.63) is 29.8 Å². The van der Waals surface area contributed by atoms with Crippen molar-refractivity contribution in [1.82, 2.24) is 9.80 Å². The summed E-state index contributed by atoms with van der Waals surface area (Å²) in [6.07, 6.45) is 1.63. The Bertz CT molecular complexity index is 697. The number of nitrogens with zero attached hydrogens (tertiary/aromatic N) is 2. The highest BCUT2D eigenvalue weighted by Gasteiger charge is 2.37.